The first-order valence-electron chi connectivity index (χ1n) is 6.72. The maximum atomic E-state index is 10.7. The molecule has 0 unspecified atom stereocenters. The largest absolute Gasteiger partial charge is 0.371 e. The Balaban J connectivity index is 2.24. The van der Waals surface area contributed by atoms with E-state index in [1.807, 2.05) is 0 Å². The summed E-state index contributed by atoms with van der Waals surface area (Å²) < 4.78 is 0. The lowest BCUT2D eigenvalue weighted by atomic mass is 10.0. The first kappa shape index (κ1) is 13.5. The second kappa shape index (κ2) is 8.57. The van der Waals surface area contributed by atoms with Crippen molar-refractivity contribution < 1.29 is 9.63 Å². The van der Waals surface area contributed by atoms with E-state index in [0.29, 0.717) is 6.04 Å². The number of nitrogens with one attached hydrogen (secondary N) is 1. The number of hydrogen-bond acceptors (Lipinski definition) is 3. The van der Waals surface area contributed by atoms with Crippen LogP contribution in [0.5, 0.6) is 0 Å². The van der Waals surface area contributed by atoms with Crippen molar-refractivity contribution in [3.63, 3.8) is 0 Å². The van der Waals surface area contributed by atoms with Gasteiger partial charge in [0.25, 0.3) is 0 Å². The fourth-order valence-corrected chi connectivity index (χ4v) is 2.27. The molecule has 1 N–H and O–H groups in total. The van der Waals surface area contributed by atoms with Gasteiger partial charge in [0.1, 0.15) is 0 Å². The number of hydrogen-bond donors (Lipinski definition) is 1. The highest BCUT2D eigenvalue weighted by molar-refractivity contribution is 5.65. The lowest BCUT2D eigenvalue weighted by Crippen LogP contribution is -2.30. The van der Waals surface area contributed by atoms with E-state index in [4.69, 9.17) is 4.84 Å². The summed E-state index contributed by atoms with van der Waals surface area (Å²) in [6.45, 7) is 1.44. The van der Waals surface area contributed by atoms with Crippen LogP contribution in [0, 0.1) is 0 Å². The van der Waals surface area contributed by atoms with Crippen molar-refractivity contribution in [1.82, 2.24) is 5.48 Å². The average Bonchev–Trinajstić information content (AvgIpc) is 2.31. The van der Waals surface area contributed by atoms with Gasteiger partial charge in [-0.3, -0.25) is 4.79 Å². The van der Waals surface area contributed by atoms with Crippen molar-refractivity contribution in [1.29, 1.82) is 0 Å². The zero-order chi connectivity index (χ0) is 11.6. The van der Waals surface area contributed by atoms with Crippen LogP contribution >= 0.6 is 0 Å². The van der Waals surface area contributed by atoms with Crippen LogP contribution in [0.1, 0.15) is 71.1 Å². The van der Waals surface area contributed by atoms with E-state index in [1.54, 1.807) is 0 Å². The molecule has 1 saturated carbocycles. The quantitative estimate of drug-likeness (QED) is 0.735. The normalized spacial score (nSPS) is 21.1. The molecule has 3 heteroatoms. The molecule has 0 aromatic rings. The minimum absolute atomic E-state index is 0.241. The fraction of sp³-hybridized carbons (Fsp3) is 0.923. The van der Waals surface area contributed by atoms with Crippen molar-refractivity contribution in [2.75, 3.05) is 0 Å². The molecule has 3 nitrogen and oxygen atoms in total. The number of carbonyl (C=O) groups is 1. The van der Waals surface area contributed by atoms with Gasteiger partial charge >= 0.3 is 5.97 Å². The third-order valence-electron chi connectivity index (χ3n) is 3.22. The Hall–Kier alpha value is -0.570. The van der Waals surface area contributed by atoms with E-state index in [-0.39, 0.29) is 5.97 Å². The predicted octanol–water partition coefficient (Wildman–Crippen LogP) is 3.34. The average molecular weight is 227 g/mol. The van der Waals surface area contributed by atoms with Gasteiger partial charge in [-0.2, -0.15) is 5.48 Å². The van der Waals surface area contributed by atoms with Gasteiger partial charge in [-0.15, -0.1) is 0 Å². The Morgan fingerprint density at radius 1 is 0.938 bits per heavy atom. The van der Waals surface area contributed by atoms with Crippen LogP contribution in [0.25, 0.3) is 0 Å². The van der Waals surface area contributed by atoms with Crippen LogP contribution in [0.2, 0.25) is 0 Å². The summed E-state index contributed by atoms with van der Waals surface area (Å²) in [5.41, 5.74) is 2.91. The highest BCUT2D eigenvalue weighted by Crippen LogP contribution is 2.16. The molecule has 0 heterocycles. The van der Waals surface area contributed by atoms with Crippen LogP contribution in [0.4, 0.5) is 0 Å². The first-order valence-corrected chi connectivity index (χ1v) is 6.72. The summed E-state index contributed by atoms with van der Waals surface area (Å²) in [6, 6.07) is 0.363. The third-order valence-corrected chi connectivity index (χ3v) is 3.22. The monoisotopic (exact) mass is 227 g/mol. The SMILES string of the molecule is CC(=O)ONC1CCCCCCCCCC1. The van der Waals surface area contributed by atoms with E-state index in [0.717, 1.165) is 12.8 Å². The second-order valence-electron chi connectivity index (χ2n) is 4.81. The van der Waals surface area contributed by atoms with Crippen LogP contribution in [0.15, 0.2) is 0 Å². The predicted molar refractivity (Wildman–Crippen MR) is 64.9 cm³/mol. The lowest BCUT2D eigenvalue weighted by molar-refractivity contribution is -0.150. The first-order chi connectivity index (χ1) is 7.79. The van der Waals surface area contributed by atoms with E-state index >= 15 is 0 Å². The Labute approximate surface area is 98.9 Å². The molecule has 0 aromatic carbocycles. The molecule has 0 radical (unpaired) electrons. The van der Waals surface area contributed by atoms with Crippen molar-refractivity contribution in [2.24, 2.45) is 0 Å². The van der Waals surface area contributed by atoms with Crippen LogP contribution in [-0.2, 0) is 9.63 Å². The summed E-state index contributed by atoms with van der Waals surface area (Å²) in [4.78, 5) is 15.6. The summed E-state index contributed by atoms with van der Waals surface area (Å²) in [5, 5.41) is 0. The molecule has 0 aromatic heterocycles. The van der Waals surface area contributed by atoms with Gasteiger partial charge in [-0.25, -0.2) is 0 Å². The van der Waals surface area contributed by atoms with E-state index in [1.165, 1.54) is 58.3 Å². The molecule has 1 aliphatic rings. The molecular formula is C13H25NO2. The molecule has 1 aliphatic carbocycles. The van der Waals surface area contributed by atoms with Crippen molar-refractivity contribution >= 4 is 5.97 Å². The zero-order valence-corrected chi connectivity index (χ0v) is 10.5. The Bertz CT molecular complexity index is 182. The molecule has 0 atom stereocenters. The number of hydroxylamine groups is 1. The van der Waals surface area contributed by atoms with Crippen molar-refractivity contribution in [3.8, 4) is 0 Å². The van der Waals surface area contributed by atoms with Crippen LogP contribution < -0.4 is 5.48 Å². The molecule has 0 amide bonds. The number of rotatable bonds is 2. The molecule has 1 rings (SSSR count). The topological polar surface area (TPSA) is 38.3 Å². The van der Waals surface area contributed by atoms with Gasteiger partial charge < -0.3 is 4.84 Å². The standard InChI is InChI=1S/C13H25NO2/c1-12(15)16-14-13-10-8-6-4-2-3-5-7-9-11-13/h13-14H,2-11H2,1H3. The third kappa shape index (κ3) is 6.83. The highest BCUT2D eigenvalue weighted by atomic mass is 16.7. The zero-order valence-electron chi connectivity index (χ0n) is 10.5. The molecule has 16 heavy (non-hydrogen) atoms. The fourth-order valence-electron chi connectivity index (χ4n) is 2.27. The summed E-state index contributed by atoms with van der Waals surface area (Å²) >= 11 is 0. The van der Waals surface area contributed by atoms with Gasteiger partial charge in [0.05, 0.1) is 0 Å². The van der Waals surface area contributed by atoms with Gasteiger partial charge in [-0.05, 0) is 12.8 Å². The van der Waals surface area contributed by atoms with E-state index in [9.17, 15) is 4.79 Å². The molecule has 0 saturated heterocycles. The molecule has 0 spiro atoms. The smallest absolute Gasteiger partial charge is 0.321 e. The van der Waals surface area contributed by atoms with Crippen LogP contribution in [0.3, 0.4) is 0 Å². The van der Waals surface area contributed by atoms with Crippen molar-refractivity contribution in [3.05, 3.63) is 0 Å². The molecule has 1 fully saturated rings. The maximum absolute atomic E-state index is 10.7. The number of carbonyl (C=O) groups excluding carboxylic acids is 1. The van der Waals surface area contributed by atoms with Crippen molar-refractivity contribution in [2.45, 2.75) is 77.2 Å². The Morgan fingerprint density at radius 3 is 1.81 bits per heavy atom. The Kier molecular flexibility index (Phi) is 7.23. The molecular weight excluding hydrogens is 202 g/mol. The molecule has 0 aliphatic heterocycles. The highest BCUT2D eigenvalue weighted by Gasteiger charge is 2.10. The second-order valence-corrected chi connectivity index (χ2v) is 4.81. The summed E-state index contributed by atoms with van der Waals surface area (Å²) in [5.74, 6) is -0.241. The van der Waals surface area contributed by atoms with Gasteiger partial charge in [0.15, 0.2) is 0 Å². The van der Waals surface area contributed by atoms with Gasteiger partial charge in [0, 0.05) is 13.0 Å². The van der Waals surface area contributed by atoms with Gasteiger partial charge in [0.2, 0.25) is 0 Å². The minimum atomic E-state index is -0.241. The van der Waals surface area contributed by atoms with E-state index in [2.05, 4.69) is 5.48 Å². The van der Waals surface area contributed by atoms with Gasteiger partial charge in [-0.1, -0.05) is 51.4 Å². The molecule has 94 valence electrons. The maximum Gasteiger partial charge on any atom is 0.321 e. The Morgan fingerprint density at radius 2 is 1.38 bits per heavy atom. The summed E-state index contributed by atoms with van der Waals surface area (Å²) in [7, 11) is 0. The lowest BCUT2D eigenvalue weighted by Gasteiger charge is -2.16. The summed E-state index contributed by atoms with van der Waals surface area (Å²) in [6.07, 6.45) is 12.9. The minimum Gasteiger partial charge on any atom is -0.371 e. The van der Waals surface area contributed by atoms with E-state index < -0.39 is 0 Å². The van der Waals surface area contributed by atoms with Crippen LogP contribution in [-0.4, -0.2) is 12.0 Å². The molecule has 0 bridgehead atoms.